The van der Waals surface area contributed by atoms with Gasteiger partial charge in [0.1, 0.15) is 18.1 Å². The van der Waals surface area contributed by atoms with E-state index in [0.29, 0.717) is 12.7 Å². The zero-order chi connectivity index (χ0) is 15.1. The van der Waals surface area contributed by atoms with Gasteiger partial charge in [-0.25, -0.2) is 0 Å². The molecule has 118 valence electrons. The lowest BCUT2D eigenvalue weighted by Crippen LogP contribution is -2.28. The summed E-state index contributed by atoms with van der Waals surface area (Å²) in [7, 11) is 1.65. The van der Waals surface area contributed by atoms with Gasteiger partial charge in [-0.2, -0.15) is 0 Å². The van der Waals surface area contributed by atoms with E-state index in [1.807, 2.05) is 18.2 Å². The first-order valence-corrected chi connectivity index (χ1v) is 8.34. The molecule has 0 saturated carbocycles. The van der Waals surface area contributed by atoms with Crippen molar-refractivity contribution in [1.82, 2.24) is 5.32 Å². The molecule has 1 N–H and O–H groups in total. The van der Waals surface area contributed by atoms with Crippen LogP contribution in [0.5, 0.6) is 11.5 Å². The lowest BCUT2D eigenvalue weighted by atomic mass is 10.2. The van der Waals surface area contributed by atoms with Crippen molar-refractivity contribution in [1.29, 1.82) is 0 Å². The number of hydrogen-bond donors (Lipinski definition) is 1. The van der Waals surface area contributed by atoms with Crippen LogP contribution in [0.4, 0.5) is 0 Å². The second-order valence-corrected chi connectivity index (χ2v) is 6.12. The van der Waals surface area contributed by atoms with Crippen LogP contribution in [-0.4, -0.2) is 39.0 Å². The van der Waals surface area contributed by atoms with E-state index in [1.54, 1.807) is 7.11 Å². The molecule has 1 aliphatic rings. The minimum atomic E-state index is 0.187. The van der Waals surface area contributed by atoms with Crippen LogP contribution < -0.4 is 14.8 Å². The summed E-state index contributed by atoms with van der Waals surface area (Å²) in [6, 6.07) is 5.72. The Labute approximate surface area is 135 Å². The molecule has 0 amide bonds. The van der Waals surface area contributed by atoms with Crippen molar-refractivity contribution < 1.29 is 14.2 Å². The molecule has 1 fully saturated rings. The molecule has 2 rings (SSSR count). The second kappa shape index (κ2) is 8.61. The van der Waals surface area contributed by atoms with Crippen molar-refractivity contribution in [2.24, 2.45) is 0 Å². The van der Waals surface area contributed by atoms with Crippen molar-refractivity contribution >= 4 is 15.9 Å². The quantitative estimate of drug-likeness (QED) is 0.724. The summed E-state index contributed by atoms with van der Waals surface area (Å²) in [6.07, 6.45) is 3.84. The van der Waals surface area contributed by atoms with Gasteiger partial charge in [-0.05, 0) is 59.9 Å². The minimum absolute atomic E-state index is 0.187. The molecule has 0 spiro atoms. The van der Waals surface area contributed by atoms with E-state index in [4.69, 9.17) is 14.2 Å². The van der Waals surface area contributed by atoms with Gasteiger partial charge in [-0.15, -0.1) is 0 Å². The zero-order valence-electron chi connectivity index (χ0n) is 12.7. The fraction of sp³-hybridized carbons (Fsp3) is 0.625. The Hall–Kier alpha value is -0.780. The summed E-state index contributed by atoms with van der Waals surface area (Å²) in [5.41, 5.74) is 0. The molecule has 0 radical (unpaired) electrons. The van der Waals surface area contributed by atoms with Crippen LogP contribution in [0.1, 0.15) is 26.2 Å². The molecule has 0 aromatic heterocycles. The molecule has 2 atom stereocenters. The van der Waals surface area contributed by atoms with Crippen molar-refractivity contribution in [2.75, 3.05) is 26.8 Å². The van der Waals surface area contributed by atoms with E-state index in [-0.39, 0.29) is 6.10 Å². The lowest BCUT2D eigenvalue weighted by Gasteiger charge is -2.16. The molecular weight excluding hydrogens is 334 g/mol. The Morgan fingerprint density at radius 3 is 2.86 bits per heavy atom. The molecule has 1 aromatic carbocycles. The smallest absolute Gasteiger partial charge is 0.133 e. The van der Waals surface area contributed by atoms with Gasteiger partial charge in [-0.3, -0.25) is 0 Å². The highest BCUT2D eigenvalue weighted by Crippen LogP contribution is 2.30. The van der Waals surface area contributed by atoms with E-state index < -0.39 is 0 Å². The average Bonchev–Trinajstić information content (AvgIpc) is 2.94. The first-order valence-electron chi connectivity index (χ1n) is 7.55. The maximum absolute atomic E-state index is 5.99. The van der Waals surface area contributed by atoms with E-state index in [9.17, 15) is 0 Å². The van der Waals surface area contributed by atoms with Crippen LogP contribution in [-0.2, 0) is 4.74 Å². The molecule has 1 heterocycles. The van der Waals surface area contributed by atoms with Crippen molar-refractivity contribution in [2.45, 2.75) is 38.4 Å². The highest BCUT2D eigenvalue weighted by Gasteiger charge is 2.25. The standard InChI is InChI=1S/C16H24BrNO3/c1-3-8-18-10-13-4-5-14(21-13)11-20-16-7-6-12(19-2)9-15(16)17/h6-7,9,13-14,18H,3-5,8,10-11H2,1-2H3. The van der Waals surface area contributed by atoms with Crippen molar-refractivity contribution in [3.63, 3.8) is 0 Å². The summed E-state index contributed by atoms with van der Waals surface area (Å²) < 4.78 is 17.9. The van der Waals surface area contributed by atoms with E-state index in [0.717, 1.165) is 48.3 Å². The summed E-state index contributed by atoms with van der Waals surface area (Å²) >= 11 is 3.50. The Balaban J connectivity index is 1.74. The van der Waals surface area contributed by atoms with Gasteiger partial charge in [0.2, 0.25) is 0 Å². The third-order valence-electron chi connectivity index (χ3n) is 3.56. The molecular formula is C16H24BrNO3. The second-order valence-electron chi connectivity index (χ2n) is 5.27. The predicted octanol–water partition coefficient (Wildman–Crippen LogP) is 3.38. The molecule has 0 bridgehead atoms. The topological polar surface area (TPSA) is 39.7 Å². The molecule has 4 nitrogen and oxygen atoms in total. The van der Waals surface area contributed by atoms with E-state index in [1.165, 1.54) is 0 Å². The molecule has 1 aromatic rings. The number of methoxy groups -OCH3 is 1. The monoisotopic (exact) mass is 357 g/mol. The molecule has 0 aliphatic carbocycles. The van der Waals surface area contributed by atoms with Crippen molar-refractivity contribution in [3.8, 4) is 11.5 Å². The van der Waals surface area contributed by atoms with Crippen LogP contribution >= 0.6 is 15.9 Å². The van der Waals surface area contributed by atoms with Gasteiger partial charge in [0.25, 0.3) is 0 Å². The normalized spacial score (nSPS) is 21.5. The number of nitrogens with one attached hydrogen (secondary N) is 1. The molecule has 1 aliphatic heterocycles. The summed E-state index contributed by atoms with van der Waals surface area (Å²) in [6.45, 7) is 4.76. The first-order chi connectivity index (χ1) is 10.2. The van der Waals surface area contributed by atoms with Crippen molar-refractivity contribution in [3.05, 3.63) is 22.7 Å². The molecule has 2 unspecified atom stereocenters. The maximum atomic E-state index is 5.99. The largest absolute Gasteiger partial charge is 0.497 e. The number of benzene rings is 1. The Morgan fingerprint density at radius 2 is 2.14 bits per heavy atom. The predicted molar refractivity (Wildman–Crippen MR) is 87.2 cm³/mol. The van der Waals surface area contributed by atoms with Gasteiger partial charge in [0.15, 0.2) is 0 Å². The third-order valence-corrected chi connectivity index (χ3v) is 4.18. The number of ether oxygens (including phenoxy) is 3. The zero-order valence-corrected chi connectivity index (χ0v) is 14.3. The van der Waals surface area contributed by atoms with Crippen LogP contribution in [0, 0.1) is 0 Å². The fourth-order valence-electron chi connectivity index (χ4n) is 2.40. The Kier molecular flexibility index (Phi) is 6.80. The Morgan fingerprint density at radius 1 is 1.33 bits per heavy atom. The van der Waals surface area contributed by atoms with Crippen LogP contribution in [0.15, 0.2) is 22.7 Å². The fourth-order valence-corrected chi connectivity index (χ4v) is 2.87. The van der Waals surface area contributed by atoms with Crippen LogP contribution in [0.3, 0.4) is 0 Å². The van der Waals surface area contributed by atoms with Crippen LogP contribution in [0.2, 0.25) is 0 Å². The van der Waals surface area contributed by atoms with Crippen LogP contribution in [0.25, 0.3) is 0 Å². The number of halogens is 1. The SMILES string of the molecule is CCCNCC1CCC(COc2ccc(OC)cc2Br)O1. The van der Waals surface area contributed by atoms with E-state index >= 15 is 0 Å². The van der Waals surface area contributed by atoms with Gasteiger partial charge in [0.05, 0.1) is 23.8 Å². The van der Waals surface area contributed by atoms with Gasteiger partial charge < -0.3 is 19.5 Å². The average molecular weight is 358 g/mol. The summed E-state index contributed by atoms with van der Waals surface area (Å²) in [5.74, 6) is 1.64. The van der Waals surface area contributed by atoms with Gasteiger partial charge in [-0.1, -0.05) is 6.92 Å². The van der Waals surface area contributed by atoms with E-state index in [2.05, 4.69) is 28.2 Å². The maximum Gasteiger partial charge on any atom is 0.133 e. The third kappa shape index (κ3) is 5.16. The lowest BCUT2D eigenvalue weighted by molar-refractivity contribution is 0.0185. The van der Waals surface area contributed by atoms with Gasteiger partial charge >= 0.3 is 0 Å². The highest BCUT2D eigenvalue weighted by atomic mass is 79.9. The minimum Gasteiger partial charge on any atom is -0.497 e. The van der Waals surface area contributed by atoms with Gasteiger partial charge in [0, 0.05) is 6.54 Å². The Bertz CT molecular complexity index is 442. The molecule has 21 heavy (non-hydrogen) atoms. The molecule has 5 heteroatoms. The number of rotatable bonds is 8. The number of hydrogen-bond acceptors (Lipinski definition) is 4. The first kappa shape index (κ1) is 16.6. The molecule has 1 saturated heterocycles. The summed E-state index contributed by atoms with van der Waals surface area (Å²) in [5, 5.41) is 3.41. The highest BCUT2D eigenvalue weighted by molar-refractivity contribution is 9.10. The summed E-state index contributed by atoms with van der Waals surface area (Å²) in [4.78, 5) is 0.